The predicted molar refractivity (Wildman–Crippen MR) is 85.7 cm³/mol. The maximum atomic E-state index is 11.1. The molecule has 0 radical (unpaired) electrons. The number of para-hydroxylation sites is 1. The lowest BCUT2D eigenvalue weighted by Crippen LogP contribution is -2.28. The van der Waals surface area contributed by atoms with Crippen molar-refractivity contribution >= 4 is 5.97 Å². The van der Waals surface area contributed by atoms with E-state index in [0.29, 0.717) is 6.42 Å². The Morgan fingerprint density at radius 3 is 2.91 bits per heavy atom. The maximum absolute atomic E-state index is 11.1. The molecule has 1 aromatic heterocycles. The van der Waals surface area contributed by atoms with Crippen LogP contribution in [0.4, 0.5) is 0 Å². The van der Waals surface area contributed by atoms with Crippen molar-refractivity contribution in [3.8, 4) is 5.75 Å². The Labute approximate surface area is 135 Å². The zero-order valence-electron chi connectivity index (χ0n) is 13.5. The molecule has 23 heavy (non-hydrogen) atoms. The van der Waals surface area contributed by atoms with Crippen molar-refractivity contribution in [1.29, 1.82) is 0 Å². The molecule has 6 nitrogen and oxygen atoms in total. The topological polar surface area (TPSA) is 67.6 Å². The molecule has 6 heteroatoms. The first-order valence-electron chi connectivity index (χ1n) is 7.68. The molecular weight excluding hydrogens is 294 g/mol. The van der Waals surface area contributed by atoms with Crippen LogP contribution in [0.3, 0.4) is 0 Å². The van der Waals surface area contributed by atoms with Crippen LogP contribution in [0.25, 0.3) is 0 Å². The minimum Gasteiger partial charge on any atom is -0.496 e. The molecule has 3 rings (SSSR count). The van der Waals surface area contributed by atoms with Gasteiger partial charge in [0.1, 0.15) is 12.3 Å². The molecule has 0 unspecified atom stereocenters. The number of nitrogens with zero attached hydrogens (tertiary/aromatic N) is 3. The zero-order valence-corrected chi connectivity index (χ0v) is 13.5. The zero-order chi connectivity index (χ0) is 16.4. The molecule has 0 saturated heterocycles. The van der Waals surface area contributed by atoms with Gasteiger partial charge in [-0.15, -0.1) is 0 Å². The van der Waals surface area contributed by atoms with E-state index in [2.05, 4.69) is 17.0 Å². The summed E-state index contributed by atoms with van der Waals surface area (Å²) in [5.41, 5.74) is 4.21. The first kappa shape index (κ1) is 15.6. The molecule has 0 fully saturated rings. The quantitative estimate of drug-likeness (QED) is 0.907. The lowest BCUT2D eigenvalue weighted by atomic mass is 10.0. The molecule has 0 amide bonds. The van der Waals surface area contributed by atoms with Gasteiger partial charge in [0.05, 0.1) is 12.8 Å². The van der Waals surface area contributed by atoms with Crippen molar-refractivity contribution in [1.82, 2.24) is 14.7 Å². The van der Waals surface area contributed by atoms with Gasteiger partial charge in [0.25, 0.3) is 0 Å². The van der Waals surface area contributed by atoms with E-state index >= 15 is 0 Å². The molecule has 0 bridgehead atoms. The normalized spacial score (nSPS) is 14.5. The predicted octanol–water partition coefficient (Wildman–Crippen LogP) is 1.55. The van der Waals surface area contributed by atoms with Gasteiger partial charge in [0.2, 0.25) is 0 Å². The lowest BCUT2D eigenvalue weighted by Gasteiger charge is -2.23. The van der Waals surface area contributed by atoms with E-state index in [4.69, 9.17) is 9.84 Å². The van der Waals surface area contributed by atoms with Gasteiger partial charge in [-0.05, 0) is 13.1 Å². The van der Waals surface area contributed by atoms with Gasteiger partial charge in [-0.3, -0.25) is 9.48 Å². The van der Waals surface area contributed by atoms with E-state index in [1.807, 2.05) is 24.3 Å². The number of aliphatic carboxylic acids is 1. The Hall–Kier alpha value is -2.34. The van der Waals surface area contributed by atoms with Crippen LogP contribution in [0.5, 0.6) is 5.75 Å². The van der Waals surface area contributed by atoms with E-state index in [1.54, 1.807) is 11.8 Å². The van der Waals surface area contributed by atoms with Crippen LogP contribution >= 0.6 is 0 Å². The Balaban J connectivity index is 1.98. The van der Waals surface area contributed by atoms with Crippen LogP contribution in [-0.2, 0) is 30.7 Å². The summed E-state index contributed by atoms with van der Waals surface area (Å²) in [7, 11) is 3.73. The average Bonchev–Trinajstić information content (AvgIpc) is 2.84. The Bertz CT molecular complexity index is 724. The molecule has 1 aromatic carbocycles. The number of benzene rings is 1. The number of hydrogen-bond acceptors (Lipinski definition) is 4. The first-order chi connectivity index (χ1) is 11.1. The molecule has 2 aromatic rings. The van der Waals surface area contributed by atoms with Gasteiger partial charge in [0.15, 0.2) is 0 Å². The number of fused-ring (bicyclic) bond motifs is 1. The molecule has 0 saturated carbocycles. The molecule has 1 N–H and O–H groups in total. The molecule has 0 atom stereocenters. The first-order valence-corrected chi connectivity index (χ1v) is 7.68. The van der Waals surface area contributed by atoms with Crippen molar-refractivity contribution in [3.05, 3.63) is 46.8 Å². The molecule has 1 aliphatic heterocycles. The second-order valence-corrected chi connectivity index (χ2v) is 5.90. The average molecular weight is 315 g/mol. The molecule has 0 aliphatic carbocycles. The van der Waals surface area contributed by atoms with Crippen molar-refractivity contribution < 1.29 is 14.6 Å². The summed E-state index contributed by atoms with van der Waals surface area (Å²) < 4.78 is 7.06. The van der Waals surface area contributed by atoms with Gasteiger partial charge in [0, 0.05) is 42.8 Å². The van der Waals surface area contributed by atoms with E-state index in [0.717, 1.165) is 47.8 Å². The monoisotopic (exact) mass is 315 g/mol. The third-order valence-corrected chi connectivity index (χ3v) is 4.24. The largest absolute Gasteiger partial charge is 0.496 e. The third kappa shape index (κ3) is 3.22. The van der Waals surface area contributed by atoms with Crippen molar-refractivity contribution in [2.45, 2.75) is 25.9 Å². The molecule has 1 aliphatic rings. The number of hydrogen-bond donors (Lipinski definition) is 1. The molecule has 2 heterocycles. The van der Waals surface area contributed by atoms with Gasteiger partial charge in [-0.1, -0.05) is 18.2 Å². The van der Waals surface area contributed by atoms with Crippen LogP contribution in [0.2, 0.25) is 0 Å². The summed E-state index contributed by atoms with van der Waals surface area (Å²) >= 11 is 0. The molecule has 0 spiro atoms. The van der Waals surface area contributed by atoms with Crippen LogP contribution in [0.15, 0.2) is 24.3 Å². The van der Waals surface area contributed by atoms with Crippen LogP contribution in [0.1, 0.15) is 22.5 Å². The van der Waals surface area contributed by atoms with E-state index in [-0.39, 0.29) is 6.54 Å². The number of likely N-dealkylation sites (N-methyl/N-ethyl adjacent to an activating group) is 1. The number of carboxylic acid groups (broad SMARTS) is 1. The summed E-state index contributed by atoms with van der Waals surface area (Å²) in [5.74, 6) is -0.0312. The van der Waals surface area contributed by atoms with Gasteiger partial charge in [-0.25, -0.2) is 0 Å². The number of rotatable bonds is 5. The van der Waals surface area contributed by atoms with Crippen molar-refractivity contribution in [3.63, 3.8) is 0 Å². The standard InChI is InChI=1S/C17H21N3O3/c1-19-8-7-15-13(10-19)14(18-20(15)11-17(21)22)9-12-5-3-4-6-16(12)23-2/h3-6H,7-11H2,1-2H3,(H,21,22). The number of carboxylic acids is 1. The maximum Gasteiger partial charge on any atom is 0.325 e. The Kier molecular flexibility index (Phi) is 4.34. The fraction of sp³-hybridized carbons (Fsp3) is 0.412. The van der Waals surface area contributed by atoms with Crippen LogP contribution in [0, 0.1) is 0 Å². The minimum atomic E-state index is -0.863. The second kappa shape index (κ2) is 6.42. The van der Waals surface area contributed by atoms with Gasteiger partial charge >= 0.3 is 5.97 Å². The third-order valence-electron chi connectivity index (χ3n) is 4.24. The molecule has 122 valence electrons. The highest BCUT2D eigenvalue weighted by atomic mass is 16.5. The summed E-state index contributed by atoms with van der Waals surface area (Å²) in [5, 5.41) is 13.7. The number of aromatic nitrogens is 2. The number of carbonyl (C=O) groups is 1. The Morgan fingerprint density at radius 1 is 1.39 bits per heavy atom. The fourth-order valence-corrected chi connectivity index (χ4v) is 3.13. The van der Waals surface area contributed by atoms with Gasteiger partial charge < -0.3 is 14.7 Å². The SMILES string of the molecule is COc1ccccc1Cc1nn(CC(=O)O)c2c1CN(C)CC2. The lowest BCUT2D eigenvalue weighted by molar-refractivity contribution is -0.137. The summed E-state index contributed by atoms with van der Waals surface area (Å²) in [6.45, 7) is 1.64. The van der Waals surface area contributed by atoms with Crippen molar-refractivity contribution in [2.75, 3.05) is 20.7 Å². The van der Waals surface area contributed by atoms with Crippen LogP contribution < -0.4 is 4.74 Å². The molecular formula is C17H21N3O3. The fourth-order valence-electron chi connectivity index (χ4n) is 3.13. The minimum absolute atomic E-state index is 0.0853. The summed E-state index contributed by atoms with van der Waals surface area (Å²) in [4.78, 5) is 13.3. The second-order valence-electron chi connectivity index (χ2n) is 5.90. The number of methoxy groups -OCH3 is 1. The summed E-state index contributed by atoms with van der Waals surface area (Å²) in [6.07, 6.45) is 1.48. The summed E-state index contributed by atoms with van der Waals surface area (Å²) in [6, 6.07) is 7.87. The van der Waals surface area contributed by atoms with E-state index in [9.17, 15) is 4.79 Å². The highest BCUT2D eigenvalue weighted by molar-refractivity contribution is 5.66. The van der Waals surface area contributed by atoms with E-state index in [1.165, 1.54) is 0 Å². The highest BCUT2D eigenvalue weighted by Gasteiger charge is 2.24. The van der Waals surface area contributed by atoms with E-state index < -0.39 is 5.97 Å². The van der Waals surface area contributed by atoms with Gasteiger partial charge in [-0.2, -0.15) is 5.10 Å². The Morgan fingerprint density at radius 2 is 2.17 bits per heavy atom. The highest BCUT2D eigenvalue weighted by Crippen LogP contribution is 2.27. The smallest absolute Gasteiger partial charge is 0.325 e. The van der Waals surface area contributed by atoms with Crippen molar-refractivity contribution in [2.24, 2.45) is 0 Å². The number of ether oxygens (including phenoxy) is 1. The van der Waals surface area contributed by atoms with Crippen LogP contribution in [-0.4, -0.2) is 46.5 Å².